The predicted molar refractivity (Wildman–Crippen MR) is 81.4 cm³/mol. The number of aliphatic hydroxyl groups is 2. The maximum absolute atomic E-state index is 11.4. The Morgan fingerprint density at radius 3 is 2.61 bits per heavy atom. The molecule has 7 nitrogen and oxygen atoms in total. The fourth-order valence-corrected chi connectivity index (χ4v) is 2.63. The minimum absolute atomic E-state index is 0.270. The first-order valence-electron chi connectivity index (χ1n) is 7.46. The number of carbonyl (C=O) groups excluding carboxylic acids is 1. The highest BCUT2D eigenvalue weighted by Crippen LogP contribution is 2.25. The van der Waals surface area contributed by atoms with Crippen LogP contribution in [0.5, 0.6) is 0 Å². The fraction of sp³-hybridized carbons (Fsp3) is 0.562. The third kappa shape index (κ3) is 4.49. The van der Waals surface area contributed by atoms with E-state index in [0.29, 0.717) is 0 Å². The Balaban J connectivity index is 2.12. The van der Waals surface area contributed by atoms with E-state index >= 15 is 0 Å². The van der Waals surface area contributed by atoms with Crippen LogP contribution in [-0.4, -0.2) is 60.5 Å². The van der Waals surface area contributed by atoms with Gasteiger partial charge >= 0.3 is 0 Å². The molecule has 0 bridgehead atoms. The second kappa shape index (κ2) is 8.37. The first kappa shape index (κ1) is 17.8. The number of carbonyl (C=O) groups is 1. The van der Waals surface area contributed by atoms with Crippen LogP contribution in [0.1, 0.15) is 12.5 Å². The highest BCUT2D eigenvalue weighted by atomic mass is 16.7. The van der Waals surface area contributed by atoms with Gasteiger partial charge < -0.3 is 29.7 Å². The Morgan fingerprint density at radius 1 is 1.35 bits per heavy atom. The summed E-state index contributed by atoms with van der Waals surface area (Å²) in [6.07, 6.45) is -3.50. The molecule has 1 aromatic rings. The zero-order chi connectivity index (χ0) is 16.8. The van der Waals surface area contributed by atoms with Gasteiger partial charge in [0, 0.05) is 14.0 Å². The van der Waals surface area contributed by atoms with Gasteiger partial charge in [-0.2, -0.15) is 0 Å². The third-order valence-electron chi connectivity index (χ3n) is 3.75. The van der Waals surface area contributed by atoms with Gasteiger partial charge in [0.25, 0.3) is 0 Å². The van der Waals surface area contributed by atoms with Crippen molar-refractivity contribution in [1.29, 1.82) is 0 Å². The van der Waals surface area contributed by atoms with Crippen molar-refractivity contribution >= 4 is 5.91 Å². The summed E-state index contributed by atoms with van der Waals surface area (Å²) in [5.41, 5.74) is 0.943. The molecule has 0 saturated carbocycles. The Kier molecular flexibility index (Phi) is 6.49. The van der Waals surface area contributed by atoms with Crippen molar-refractivity contribution in [3.05, 3.63) is 35.9 Å². The predicted octanol–water partition coefficient (Wildman–Crippen LogP) is -0.199. The van der Waals surface area contributed by atoms with E-state index in [-0.39, 0.29) is 19.1 Å². The Morgan fingerprint density at radius 2 is 2.04 bits per heavy atom. The molecule has 0 unspecified atom stereocenters. The van der Waals surface area contributed by atoms with Crippen molar-refractivity contribution in [1.82, 2.24) is 5.32 Å². The molecule has 0 radical (unpaired) electrons. The Labute approximate surface area is 135 Å². The molecule has 1 amide bonds. The van der Waals surface area contributed by atoms with Gasteiger partial charge in [-0.15, -0.1) is 0 Å². The molecule has 2 rings (SSSR count). The molecule has 0 spiro atoms. The minimum atomic E-state index is -1.07. The van der Waals surface area contributed by atoms with Crippen molar-refractivity contribution in [2.45, 2.75) is 44.2 Å². The number of hydrogen-bond donors (Lipinski definition) is 3. The molecule has 0 aliphatic carbocycles. The van der Waals surface area contributed by atoms with Crippen molar-refractivity contribution < 1.29 is 29.2 Å². The lowest BCUT2D eigenvalue weighted by Gasteiger charge is -2.43. The molecule has 1 aromatic carbocycles. The molecule has 23 heavy (non-hydrogen) atoms. The summed E-state index contributed by atoms with van der Waals surface area (Å²) in [5.74, 6) is -0.288. The molecule has 5 atom stereocenters. The van der Waals surface area contributed by atoms with E-state index in [1.54, 1.807) is 0 Å². The van der Waals surface area contributed by atoms with Crippen LogP contribution in [0.4, 0.5) is 0 Å². The molecular weight excluding hydrogens is 302 g/mol. The van der Waals surface area contributed by atoms with Crippen molar-refractivity contribution in [3.63, 3.8) is 0 Å². The lowest BCUT2D eigenvalue weighted by Crippen LogP contribution is -2.65. The van der Waals surface area contributed by atoms with Gasteiger partial charge in [0.15, 0.2) is 6.29 Å². The Bertz CT molecular complexity index is 497. The zero-order valence-electron chi connectivity index (χ0n) is 13.2. The van der Waals surface area contributed by atoms with Crippen LogP contribution in [0.3, 0.4) is 0 Å². The molecule has 0 aromatic heterocycles. The van der Waals surface area contributed by atoms with Gasteiger partial charge in [-0.1, -0.05) is 30.3 Å². The summed E-state index contributed by atoms with van der Waals surface area (Å²) in [7, 11) is 1.43. The number of amides is 1. The first-order chi connectivity index (χ1) is 11.1. The average Bonchev–Trinajstić information content (AvgIpc) is 2.55. The van der Waals surface area contributed by atoms with Gasteiger partial charge in [-0.05, 0) is 5.56 Å². The smallest absolute Gasteiger partial charge is 0.217 e. The van der Waals surface area contributed by atoms with Crippen LogP contribution in [-0.2, 0) is 25.6 Å². The van der Waals surface area contributed by atoms with Crippen molar-refractivity contribution in [3.8, 4) is 0 Å². The van der Waals surface area contributed by atoms with E-state index in [4.69, 9.17) is 14.2 Å². The standard InChI is InChI=1S/C16H23NO6/c1-10(19)17-13-15(21-2)14(20)12(8-18)23-16(13)22-9-11-6-4-3-5-7-11/h3-7,12-16,18,20H,8-9H2,1-2H3,(H,17,19)/t12-,13-,14-,15-,16+/m1/s1. The number of nitrogens with one attached hydrogen (secondary N) is 1. The number of rotatable bonds is 6. The number of benzene rings is 1. The number of aliphatic hydroxyl groups excluding tert-OH is 2. The van der Waals surface area contributed by atoms with Crippen LogP contribution in [0.25, 0.3) is 0 Å². The summed E-state index contributed by atoms with van der Waals surface area (Å²) < 4.78 is 16.6. The van der Waals surface area contributed by atoms with E-state index in [1.807, 2.05) is 30.3 Å². The van der Waals surface area contributed by atoms with Gasteiger partial charge in [-0.3, -0.25) is 4.79 Å². The highest BCUT2D eigenvalue weighted by Gasteiger charge is 2.46. The SMILES string of the molecule is CO[C@H]1[C@H](O)[C@@H](CO)O[C@H](OCc2ccccc2)[C@@H]1NC(C)=O. The van der Waals surface area contributed by atoms with Gasteiger partial charge in [-0.25, -0.2) is 0 Å². The van der Waals surface area contributed by atoms with E-state index in [2.05, 4.69) is 5.32 Å². The van der Waals surface area contributed by atoms with E-state index in [9.17, 15) is 15.0 Å². The maximum atomic E-state index is 11.4. The van der Waals surface area contributed by atoms with Crippen molar-refractivity contribution in [2.75, 3.05) is 13.7 Å². The van der Waals surface area contributed by atoms with E-state index in [1.165, 1.54) is 14.0 Å². The van der Waals surface area contributed by atoms with Gasteiger partial charge in [0.1, 0.15) is 24.4 Å². The molecule has 7 heteroatoms. The van der Waals surface area contributed by atoms with Crippen LogP contribution in [0.15, 0.2) is 30.3 Å². The zero-order valence-corrected chi connectivity index (χ0v) is 13.2. The fourth-order valence-electron chi connectivity index (χ4n) is 2.63. The lowest BCUT2D eigenvalue weighted by atomic mass is 9.96. The molecule has 1 saturated heterocycles. The first-order valence-corrected chi connectivity index (χ1v) is 7.46. The number of hydrogen-bond acceptors (Lipinski definition) is 6. The van der Waals surface area contributed by atoms with Crippen LogP contribution in [0, 0.1) is 0 Å². The maximum Gasteiger partial charge on any atom is 0.217 e. The number of ether oxygens (including phenoxy) is 3. The largest absolute Gasteiger partial charge is 0.394 e. The van der Waals surface area contributed by atoms with Crippen LogP contribution >= 0.6 is 0 Å². The summed E-state index contributed by atoms with van der Waals surface area (Å²) in [4.78, 5) is 11.4. The van der Waals surface area contributed by atoms with E-state index < -0.39 is 30.6 Å². The van der Waals surface area contributed by atoms with Gasteiger partial charge in [0.05, 0.1) is 13.2 Å². The summed E-state index contributed by atoms with van der Waals surface area (Å²) in [6.45, 7) is 1.26. The van der Waals surface area contributed by atoms with Crippen LogP contribution < -0.4 is 5.32 Å². The minimum Gasteiger partial charge on any atom is -0.394 e. The summed E-state index contributed by atoms with van der Waals surface area (Å²) >= 11 is 0. The molecule has 1 aliphatic heterocycles. The van der Waals surface area contributed by atoms with Crippen molar-refractivity contribution in [2.24, 2.45) is 0 Å². The summed E-state index contributed by atoms with van der Waals surface area (Å²) in [6, 6.07) is 8.82. The number of methoxy groups -OCH3 is 1. The van der Waals surface area contributed by atoms with Gasteiger partial charge in [0.2, 0.25) is 5.91 Å². The second-order valence-electron chi connectivity index (χ2n) is 5.44. The second-order valence-corrected chi connectivity index (χ2v) is 5.44. The Hall–Kier alpha value is -1.51. The third-order valence-corrected chi connectivity index (χ3v) is 3.75. The molecule has 1 fully saturated rings. The summed E-state index contributed by atoms with van der Waals surface area (Å²) in [5, 5.41) is 22.2. The average molecular weight is 325 g/mol. The molecule has 1 aliphatic rings. The molecule has 1 heterocycles. The molecule has 3 N–H and O–H groups in total. The van der Waals surface area contributed by atoms with E-state index in [0.717, 1.165) is 5.56 Å². The topological polar surface area (TPSA) is 97.2 Å². The quantitative estimate of drug-likeness (QED) is 0.670. The normalized spacial score (nSPS) is 30.9. The highest BCUT2D eigenvalue weighted by molar-refractivity contribution is 5.73. The lowest BCUT2D eigenvalue weighted by molar-refractivity contribution is -0.277. The monoisotopic (exact) mass is 325 g/mol. The molecule has 128 valence electrons. The van der Waals surface area contributed by atoms with Crippen LogP contribution in [0.2, 0.25) is 0 Å². The molecular formula is C16H23NO6.